The summed E-state index contributed by atoms with van der Waals surface area (Å²) in [6, 6.07) is 9.42. The lowest BCUT2D eigenvalue weighted by atomic mass is 9.95. The topological polar surface area (TPSA) is 35.5 Å². The Hall–Kier alpha value is -2.00. The van der Waals surface area contributed by atoms with Crippen molar-refractivity contribution in [3.05, 3.63) is 52.0 Å². The van der Waals surface area contributed by atoms with Crippen LogP contribution in [0.5, 0.6) is 5.75 Å². The van der Waals surface area contributed by atoms with Gasteiger partial charge in [-0.3, -0.25) is 0 Å². The Labute approximate surface area is 122 Å². The molecule has 0 saturated carbocycles. The van der Waals surface area contributed by atoms with Crippen LogP contribution in [0.2, 0.25) is 5.02 Å². The first-order valence-corrected chi connectivity index (χ1v) is 6.62. The van der Waals surface area contributed by atoms with Crippen LogP contribution in [0.1, 0.15) is 21.5 Å². The van der Waals surface area contributed by atoms with E-state index in [1.165, 1.54) is 7.11 Å². The molecule has 0 N–H and O–H groups in total. The third-order valence-electron chi connectivity index (χ3n) is 3.42. The average Bonchev–Trinajstić information content (AvgIpc) is 2.56. The fourth-order valence-corrected chi connectivity index (χ4v) is 2.67. The molecule has 0 atom stereocenters. The number of carbonyl (C=O) groups excluding carboxylic acids is 1. The lowest BCUT2D eigenvalue weighted by Gasteiger charge is -2.11. The third kappa shape index (κ3) is 2.04. The van der Waals surface area contributed by atoms with Crippen molar-refractivity contribution in [2.75, 3.05) is 7.11 Å². The number of hydrogen-bond donors (Lipinski definition) is 0. The summed E-state index contributed by atoms with van der Waals surface area (Å²) in [4.78, 5) is 12.1. The maximum atomic E-state index is 12.1. The number of carbonyl (C=O) groups is 1. The number of benzene rings is 2. The Morgan fingerprint density at radius 3 is 2.70 bits per heavy atom. The maximum absolute atomic E-state index is 12.1. The number of rotatable bonds is 1. The van der Waals surface area contributed by atoms with E-state index in [0.29, 0.717) is 16.3 Å². The van der Waals surface area contributed by atoms with Crippen molar-refractivity contribution in [3.63, 3.8) is 0 Å². The van der Waals surface area contributed by atoms with Crippen LogP contribution >= 0.6 is 11.6 Å². The summed E-state index contributed by atoms with van der Waals surface area (Å²) in [7, 11) is 1.52. The summed E-state index contributed by atoms with van der Waals surface area (Å²) in [5.41, 5.74) is 4.35. The normalized spacial score (nSPS) is 13.1. The van der Waals surface area contributed by atoms with E-state index in [1.807, 2.05) is 25.1 Å². The molecule has 0 amide bonds. The van der Waals surface area contributed by atoms with Crippen molar-refractivity contribution in [2.24, 2.45) is 0 Å². The molecule has 0 bridgehead atoms. The van der Waals surface area contributed by atoms with Gasteiger partial charge in [-0.2, -0.15) is 0 Å². The molecular formula is C16H13ClO3. The summed E-state index contributed by atoms with van der Waals surface area (Å²) >= 11 is 6.18. The van der Waals surface area contributed by atoms with Crippen molar-refractivity contribution < 1.29 is 14.3 Å². The highest BCUT2D eigenvalue weighted by molar-refractivity contribution is 6.32. The van der Waals surface area contributed by atoms with Crippen molar-refractivity contribution in [1.82, 2.24) is 0 Å². The lowest BCUT2D eigenvalue weighted by molar-refractivity contribution is 0.0478. The van der Waals surface area contributed by atoms with Gasteiger partial charge in [0.25, 0.3) is 0 Å². The van der Waals surface area contributed by atoms with Crippen LogP contribution in [0.25, 0.3) is 11.1 Å². The van der Waals surface area contributed by atoms with Crippen molar-refractivity contribution in [1.29, 1.82) is 0 Å². The number of hydrogen-bond acceptors (Lipinski definition) is 3. The van der Waals surface area contributed by atoms with Crippen LogP contribution in [-0.2, 0) is 11.3 Å². The smallest absolute Gasteiger partial charge is 0.339 e. The van der Waals surface area contributed by atoms with Gasteiger partial charge in [0.1, 0.15) is 12.4 Å². The van der Waals surface area contributed by atoms with Gasteiger partial charge in [-0.05, 0) is 35.7 Å². The molecule has 1 aliphatic heterocycles. The summed E-state index contributed by atoms with van der Waals surface area (Å²) in [5.74, 6) is 0.113. The number of esters is 1. The van der Waals surface area contributed by atoms with E-state index >= 15 is 0 Å². The zero-order chi connectivity index (χ0) is 14.3. The fourth-order valence-electron chi connectivity index (χ4n) is 2.43. The van der Waals surface area contributed by atoms with E-state index in [9.17, 15) is 4.79 Å². The van der Waals surface area contributed by atoms with Crippen LogP contribution in [0.3, 0.4) is 0 Å². The van der Waals surface area contributed by atoms with Crippen molar-refractivity contribution in [3.8, 4) is 16.9 Å². The molecule has 0 fully saturated rings. The van der Waals surface area contributed by atoms with Crippen LogP contribution in [0, 0.1) is 6.92 Å². The van der Waals surface area contributed by atoms with E-state index in [2.05, 4.69) is 0 Å². The van der Waals surface area contributed by atoms with Crippen LogP contribution < -0.4 is 4.74 Å². The van der Waals surface area contributed by atoms with Crippen LogP contribution in [0.4, 0.5) is 0 Å². The lowest BCUT2D eigenvalue weighted by Crippen LogP contribution is -2.03. The highest BCUT2D eigenvalue weighted by atomic mass is 35.5. The Balaban J connectivity index is 2.30. The molecule has 0 spiro atoms. The van der Waals surface area contributed by atoms with Gasteiger partial charge in [-0.25, -0.2) is 4.79 Å². The second-order valence-corrected chi connectivity index (χ2v) is 5.18. The second kappa shape index (κ2) is 4.84. The maximum Gasteiger partial charge on any atom is 0.339 e. The molecule has 0 aliphatic carbocycles. The first kappa shape index (κ1) is 13.0. The SMILES string of the molecule is COc1cc2c(cc1Cl)-c1ccc(C)cc1COC2=O. The molecule has 2 aromatic rings. The summed E-state index contributed by atoms with van der Waals surface area (Å²) in [6.07, 6.45) is 0. The van der Waals surface area contributed by atoms with Gasteiger partial charge in [-0.1, -0.05) is 35.4 Å². The van der Waals surface area contributed by atoms with E-state index in [-0.39, 0.29) is 12.6 Å². The largest absolute Gasteiger partial charge is 0.495 e. The number of aryl methyl sites for hydroxylation is 1. The molecule has 0 saturated heterocycles. The van der Waals surface area contributed by atoms with Gasteiger partial charge in [0.15, 0.2) is 0 Å². The predicted molar refractivity (Wildman–Crippen MR) is 77.3 cm³/mol. The van der Waals surface area contributed by atoms with Crippen LogP contribution in [0.15, 0.2) is 30.3 Å². The minimum absolute atomic E-state index is 0.268. The van der Waals surface area contributed by atoms with E-state index in [4.69, 9.17) is 21.1 Å². The number of methoxy groups -OCH3 is 1. The first-order valence-electron chi connectivity index (χ1n) is 6.24. The molecule has 1 aliphatic rings. The first-order chi connectivity index (χ1) is 9.60. The van der Waals surface area contributed by atoms with Gasteiger partial charge in [0.2, 0.25) is 0 Å². The molecule has 20 heavy (non-hydrogen) atoms. The van der Waals surface area contributed by atoms with Crippen LogP contribution in [-0.4, -0.2) is 13.1 Å². The number of halogens is 1. The van der Waals surface area contributed by atoms with Gasteiger partial charge in [-0.15, -0.1) is 0 Å². The monoisotopic (exact) mass is 288 g/mol. The molecule has 0 unspecified atom stereocenters. The molecule has 0 radical (unpaired) electrons. The highest BCUT2D eigenvalue weighted by Crippen LogP contribution is 2.38. The molecule has 1 heterocycles. The molecule has 102 valence electrons. The highest BCUT2D eigenvalue weighted by Gasteiger charge is 2.23. The van der Waals surface area contributed by atoms with Crippen molar-refractivity contribution >= 4 is 17.6 Å². The minimum Gasteiger partial charge on any atom is -0.495 e. The minimum atomic E-state index is -0.358. The second-order valence-electron chi connectivity index (χ2n) is 4.77. The van der Waals surface area contributed by atoms with Gasteiger partial charge in [0.05, 0.1) is 17.7 Å². The fraction of sp³-hybridized carbons (Fsp3) is 0.188. The average molecular weight is 289 g/mol. The molecule has 2 aromatic carbocycles. The number of fused-ring (bicyclic) bond motifs is 3. The van der Waals surface area contributed by atoms with E-state index < -0.39 is 0 Å². The molecule has 3 rings (SSSR count). The molecule has 3 nitrogen and oxygen atoms in total. The number of ether oxygens (including phenoxy) is 2. The quantitative estimate of drug-likeness (QED) is 0.744. The molecule has 0 aromatic heterocycles. The summed E-state index contributed by atoms with van der Waals surface area (Å²) in [6.45, 7) is 2.28. The third-order valence-corrected chi connectivity index (χ3v) is 3.72. The van der Waals surface area contributed by atoms with E-state index in [0.717, 1.165) is 22.3 Å². The van der Waals surface area contributed by atoms with Gasteiger partial charge in [0, 0.05) is 0 Å². The Bertz CT molecular complexity index is 707. The summed E-state index contributed by atoms with van der Waals surface area (Å²) in [5, 5.41) is 0.479. The summed E-state index contributed by atoms with van der Waals surface area (Å²) < 4.78 is 10.5. The van der Waals surface area contributed by atoms with Gasteiger partial charge >= 0.3 is 5.97 Å². The Kier molecular flexibility index (Phi) is 3.14. The zero-order valence-electron chi connectivity index (χ0n) is 11.2. The van der Waals surface area contributed by atoms with Crippen molar-refractivity contribution in [2.45, 2.75) is 13.5 Å². The predicted octanol–water partition coefficient (Wildman–Crippen LogP) is 3.99. The molecule has 4 heteroatoms. The van der Waals surface area contributed by atoms with E-state index in [1.54, 1.807) is 12.1 Å². The Morgan fingerprint density at radius 2 is 1.95 bits per heavy atom. The zero-order valence-corrected chi connectivity index (χ0v) is 12.0. The van der Waals surface area contributed by atoms with Gasteiger partial charge < -0.3 is 9.47 Å². The standard InChI is InChI=1S/C16H13ClO3/c1-9-3-4-11-10(5-9)8-20-16(18)13-7-15(19-2)14(17)6-12(11)13/h3-7H,8H2,1-2H3. The number of cyclic esters (lactones) is 1. The molecular weight excluding hydrogens is 276 g/mol. The Morgan fingerprint density at radius 1 is 1.15 bits per heavy atom.